The molecule has 0 spiro atoms. The smallest absolute Gasteiger partial charge is 0.243 e. The number of rotatable bonds is 5. The number of carbonyl (C=O) groups is 2. The molecule has 1 amide bonds. The van der Waals surface area contributed by atoms with Crippen LogP contribution in [0.5, 0.6) is 0 Å². The lowest BCUT2D eigenvalue weighted by Crippen LogP contribution is -2.20. The molecule has 3 nitrogen and oxygen atoms in total. The summed E-state index contributed by atoms with van der Waals surface area (Å²) in [7, 11) is 0. The first-order valence-electron chi connectivity index (χ1n) is 6.71. The Kier molecular flexibility index (Phi) is 4.67. The largest absolute Gasteiger partial charge is 0.348 e. The third-order valence-electron chi connectivity index (χ3n) is 3.29. The minimum Gasteiger partial charge on any atom is -0.348 e. The van der Waals surface area contributed by atoms with Gasteiger partial charge in [-0.1, -0.05) is 49.0 Å². The fourth-order valence-electron chi connectivity index (χ4n) is 2.01. The molecule has 0 unspecified atom stereocenters. The zero-order valence-electron chi connectivity index (χ0n) is 11.9. The third kappa shape index (κ3) is 3.66. The van der Waals surface area contributed by atoms with Gasteiger partial charge in [0.25, 0.3) is 0 Å². The van der Waals surface area contributed by atoms with Crippen LogP contribution in [0.25, 0.3) is 0 Å². The summed E-state index contributed by atoms with van der Waals surface area (Å²) < 4.78 is 0. The van der Waals surface area contributed by atoms with Crippen LogP contribution in [0.1, 0.15) is 27.0 Å². The maximum Gasteiger partial charge on any atom is 0.243 e. The predicted octanol–water partition coefficient (Wildman–Crippen LogP) is 3.03. The van der Waals surface area contributed by atoms with Crippen LogP contribution in [-0.2, 0) is 11.3 Å². The van der Waals surface area contributed by atoms with E-state index >= 15 is 0 Å². The Balaban J connectivity index is 2.24. The van der Waals surface area contributed by atoms with Crippen molar-refractivity contribution in [3.63, 3.8) is 0 Å². The van der Waals surface area contributed by atoms with Crippen LogP contribution >= 0.6 is 0 Å². The van der Waals surface area contributed by atoms with Gasteiger partial charge in [-0.15, -0.1) is 0 Å². The Morgan fingerprint density at radius 3 is 2.48 bits per heavy atom. The topological polar surface area (TPSA) is 46.2 Å². The Hall–Kier alpha value is -2.68. The van der Waals surface area contributed by atoms with E-state index < -0.39 is 0 Å². The summed E-state index contributed by atoms with van der Waals surface area (Å²) in [5.41, 5.74) is 3.23. The molecular weight excluding hydrogens is 262 g/mol. The highest BCUT2D eigenvalue weighted by Crippen LogP contribution is 2.15. The van der Waals surface area contributed by atoms with E-state index in [9.17, 15) is 9.59 Å². The van der Waals surface area contributed by atoms with Crippen LogP contribution in [0, 0.1) is 6.92 Å². The van der Waals surface area contributed by atoms with Gasteiger partial charge in [0.15, 0.2) is 5.78 Å². The van der Waals surface area contributed by atoms with Crippen molar-refractivity contribution >= 4 is 11.7 Å². The standard InChI is InChI=1S/C18H17NO2/c1-3-17(20)19-12-16-11-15(10-9-13(16)2)18(21)14-7-5-4-6-8-14/h3-11H,1,12H2,2H3,(H,19,20). The third-order valence-corrected chi connectivity index (χ3v) is 3.29. The normalized spacial score (nSPS) is 9.95. The van der Waals surface area contributed by atoms with Gasteiger partial charge in [-0.3, -0.25) is 9.59 Å². The van der Waals surface area contributed by atoms with Crippen molar-refractivity contribution in [2.75, 3.05) is 0 Å². The highest BCUT2D eigenvalue weighted by Gasteiger charge is 2.10. The number of ketones is 1. The molecule has 106 valence electrons. The predicted molar refractivity (Wildman–Crippen MR) is 83.1 cm³/mol. The quantitative estimate of drug-likeness (QED) is 0.675. The summed E-state index contributed by atoms with van der Waals surface area (Å²) in [6.45, 7) is 5.75. The molecule has 0 radical (unpaired) electrons. The molecule has 3 heteroatoms. The fourth-order valence-corrected chi connectivity index (χ4v) is 2.01. The Morgan fingerprint density at radius 2 is 1.81 bits per heavy atom. The van der Waals surface area contributed by atoms with Gasteiger partial charge in [-0.2, -0.15) is 0 Å². The van der Waals surface area contributed by atoms with E-state index in [1.54, 1.807) is 12.1 Å². The number of benzene rings is 2. The van der Waals surface area contributed by atoms with Gasteiger partial charge in [0, 0.05) is 17.7 Å². The molecule has 2 aromatic rings. The second-order valence-corrected chi connectivity index (χ2v) is 4.76. The minimum atomic E-state index is -0.228. The van der Waals surface area contributed by atoms with Crippen LogP contribution in [0.3, 0.4) is 0 Å². The summed E-state index contributed by atoms with van der Waals surface area (Å²) in [6, 6.07) is 14.7. The number of nitrogens with one attached hydrogen (secondary N) is 1. The van der Waals surface area contributed by atoms with Gasteiger partial charge in [0.05, 0.1) is 0 Å². The minimum absolute atomic E-state index is 0.0214. The van der Waals surface area contributed by atoms with E-state index in [0.29, 0.717) is 17.7 Å². The number of hydrogen-bond donors (Lipinski definition) is 1. The van der Waals surface area contributed by atoms with Crippen molar-refractivity contribution in [1.29, 1.82) is 0 Å². The van der Waals surface area contributed by atoms with Gasteiger partial charge < -0.3 is 5.32 Å². The van der Waals surface area contributed by atoms with Crippen molar-refractivity contribution in [2.45, 2.75) is 13.5 Å². The maximum atomic E-state index is 12.4. The maximum absolute atomic E-state index is 12.4. The first-order chi connectivity index (χ1) is 10.1. The summed E-state index contributed by atoms with van der Waals surface area (Å²) >= 11 is 0. The molecule has 0 atom stereocenters. The zero-order chi connectivity index (χ0) is 15.2. The van der Waals surface area contributed by atoms with Crippen molar-refractivity contribution < 1.29 is 9.59 Å². The lowest BCUT2D eigenvalue weighted by Gasteiger charge is -2.09. The molecule has 0 aliphatic rings. The molecule has 0 saturated carbocycles. The number of aryl methyl sites for hydroxylation is 1. The van der Waals surface area contributed by atoms with Gasteiger partial charge in [-0.05, 0) is 30.2 Å². The van der Waals surface area contributed by atoms with Gasteiger partial charge in [-0.25, -0.2) is 0 Å². The van der Waals surface area contributed by atoms with Gasteiger partial charge in [0.1, 0.15) is 0 Å². The number of amides is 1. The lowest BCUT2D eigenvalue weighted by atomic mass is 9.98. The first kappa shape index (κ1) is 14.7. The molecule has 21 heavy (non-hydrogen) atoms. The molecule has 0 bridgehead atoms. The Labute approximate surface area is 124 Å². The molecule has 1 N–H and O–H groups in total. The molecule has 0 aliphatic heterocycles. The second-order valence-electron chi connectivity index (χ2n) is 4.76. The summed E-state index contributed by atoms with van der Waals surface area (Å²) in [5, 5.41) is 2.73. The molecule has 0 aliphatic carbocycles. The summed E-state index contributed by atoms with van der Waals surface area (Å²) in [4.78, 5) is 23.6. The van der Waals surface area contributed by atoms with Crippen LogP contribution in [0.4, 0.5) is 0 Å². The van der Waals surface area contributed by atoms with E-state index in [1.807, 2.05) is 43.3 Å². The second kappa shape index (κ2) is 6.66. The fraction of sp³-hybridized carbons (Fsp3) is 0.111. The van der Waals surface area contributed by atoms with Crippen LogP contribution < -0.4 is 5.32 Å². The molecule has 2 aromatic carbocycles. The molecule has 0 heterocycles. The monoisotopic (exact) mass is 279 g/mol. The van der Waals surface area contributed by atoms with Crippen molar-refractivity contribution in [3.05, 3.63) is 83.4 Å². The molecule has 0 fully saturated rings. The Morgan fingerprint density at radius 1 is 1.10 bits per heavy atom. The number of carbonyl (C=O) groups excluding carboxylic acids is 2. The van der Waals surface area contributed by atoms with Gasteiger partial charge in [0.2, 0.25) is 5.91 Å². The van der Waals surface area contributed by atoms with E-state index in [0.717, 1.165) is 11.1 Å². The molecule has 0 aromatic heterocycles. The van der Waals surface area contributed by atoms with E-state index in [4.69, 9.17) is 0 Å². The molecular formula is C18H17NO2. The van der Waals surface area contributed by atoms with Crippen LogP contribution in [0.15, 0.2) is 61.2 Å². The van der Waals surface area contributed by atoms with Crippen LogP contribution in [-0.4, -0.2) is 11.7 Å². The summed E-state index contributed by atoms with van der Waals surface area (Å²) in [5.74, 6) is -0.249. The first-order valence-corrected chi connectivity index (χ1v) is 6.71. The van der Waals surface area contributed by atoms with E-state index in [1.165, 1.54) is 6.08 Å². The summed E-state index contributed by atoms with van der Waals surface area (Å²) in [6.07, 6.45) is 1.23. The SMILES string of the molecule is C=CC(=O)NCc1cc(C(=O)c2ccccc2)ccc1C. The molecule has 0 saturated heterocycles. The Bertz CT molecular complexity index is 675. The van der Waals surface area contributed by atoms with Crippen molar-refractivity contribution in [1.82, 2.24) is 5.32 Å². The van der Waals surface area contributed by atoms with E-state index in [2.05, 4.69) is 11.9 Å². The van der Waals surface area contributed by atoms with Crippen molar-refractivity contribution in [3.8, 4) is 0 Å². The average molecular weight is 279 g/mol. The van der Waals surface area contributed by atoms with Gasteiger partial charge >= 0.3 is 0 Å². The lowest BCUT2D eigenvalue weighted by molar-refractivity contribution is -0.116. The van der Waals surface area contributed by atoms with Crippen LogP contribution in [0.2, 0.25) is 0 Å². The van der Waals surface area contributed by atoms with E-state index in [-0.39, 0.29) is 11.7 Å². The molecule has 2 rings (SSSR count). The highest BCUT2D eigenvalue weighted by molar-refractivity contribution is 6.09. The highest BCUT2D eigenvalue weighted by atomic mass is 16.1. The van der Waals surface area contributed by atoms with Crippen molar-refractivity contribution in [2.24, 2.45) is 0 Å². The zero-order valence-corrected chi connectivity index (χ0v) is 11.9. The average Bonchev–Trinajstić information content (AvgIpc) is 2.54. The number of hydrogen-bond acceptors (Lipinski definition) is 2.